The fraction of sp³-hybridized carbons (Fsp3) is 0.417. The molecular weight excluding hydrogens is 202 g/mol. The lowest BCUT2D eigenvalue weighted by Gasteiger charge is -2.18. The molecule has 1 aromatic carbocycles. The highest BCUT2D eigenvalue weighted by atomic mass is 16.2. The van der Waals surface area contributed by atoms with Gasteiger partial charge in [-0.3, -0.25) is 0 Å². The van der Waals surface area contributed by atoms with E-state index in [1.165, 1.54) is 5.69 Å². The van der Waals surface area contributed by atoms with Crippen LogP contribution in [0.1, 0.15) is 12.8 Å². The maximum atomic E-state index is 8.73. The minimum Gasteiger partial charge on any atom is -0.396 e. The number of fused-ring (bicyclic) bond motifs is 1. The number of aromatic nitrogens is 2. The van der Waals surface area contributed by atoms with Crippen LogP contribution in [-0.2, 0) is 0 Å². The smallest absolute Gasteiger partial charge is 0.0931 e. The first kappa shape index (κ1) is 11.0. The number of nitrogens with one attached hydrogen (secondary N) is 1. The van der Waals surface area contributed by atoms with Crippen LogP contribution in [0.25, 0.3) is 11.0 Å². The number of rotatable bonds is 5. The molecule has 2 N–H and O–H groups in total. The third kappa shape index (κ3) is 2.33. The van der Waals surface area contributed by atoms with E-state index < -0.39 is 0 Å². The number of hydrogen-bond acceptors (Lipinski definition) is 3. The largest absolute Gasteiger partial charge is 0.396 e. The fourth-order valence-corrected chi connectivity index (χ4v) is 1.75. The third-order valence-corrected chi connectivity index (χ3v) is 2.75. The maximum Gasteiger partial charge on any atom is 0.0931 e. The second kappa shape index (κ2) is 4.99. The Hall–Kier alpha value is -1.55. The number of imidazole rings is 1. The van der Waals surface area contributed by atoms with E-state index in [0.717, 1.165) is 30.4 Å². The van der Waals surface area contributed by atoms with Crippen LogP contribution in [0.15, 0.2) is 24.5 Å². The summed E-state index contributed by atoms with van der Waals surface area (Å²) in [5.41, 5.74) is 3.23. The van der Waals surface area contributed by atoms with E-state index in [4.69, 9.17) is 5.11 Å². The van der Waals surface area contributed by atoms with Gasteiger partial charge in [-0.1, -0.05) is 0 Å². The highest BCUT2D eigenvalue weighted by molar-refractivity contribution is 5.78. The molecule has 0 fully saturated rings. The SMILES string of the molecule is CN(CCCCO)c1ccc2nc[nH]c2c1. The Morgan fingerprint density at radius 1 is 1.38 bits per heavy atom. The summed E-state index contributed by atoms with van der Waals surface area (Å²) in [5, 5.41) is 8.73. The molecule has 0 saturated carbocycles. The van der Waals surface area contributed by atoms with Crippen molar-refractivity contribution in [2.45, 2.75) is 12.8 Å². The zero-order valence-electron chi connectivity index (χ0n) is 9.48. The van der Waals surface area contributed by atoms with E-state index in [-0.39, 0.29) is 6.61 Å². The van der Waals surface area contributed by atoms with Crippen molar-refractivity contribution in [3.63, 3.8) is 0 Å². The molecule has 0 aliphatic carbocycles. The predicted octanol–water partition coefficient (Wildman–Crippen LogP) is 1.77. The van der Waals surface area contributed by atoms with Gasteiger partial charge in [-0.05, 0) is 31.0 Å². The Bertz CT molecular complexity index is 452. The summed E-state index contributed by atoms with van der Waals surface area (Å²) in [6, 6.07) is 6.19. The van der Waals surface area contributed by atoms with Gasteiger partial charge in [0.05, 0.1) is 17.4 Å². The average molecular weight is 219 g/mol. The summed E-state index contributed by atoms with van der Waals surface area (Å²) < 4.78 is 0. The van der Waals surface area contributed by atoms with Crippen LogP contribution in [0.2, 0.25) is 0 Å². The number of aromatic amines is 1. The van der Waals surface area contributed by atoms with Crippen molar-refractivity contribution in [2.24, 2.45) is 0 Å². The van der Waals surface area contributed by atoms with Gasteiger partial charge in [0.2, 0.25) is 0 Å². The quantitative estimate of drug-likeness (QED) is 0.753. The molecular formula is C12H17N3O. The first-order valence-corrected chi connectivity index (χ1v) is 5.56. The molecule has 16 heavy (non-hydrogen) atoms. The Labute approximate surface area is 94.9 Å². The zero-order chi connectivity index (χ0) is 11.4. The molecule has 0 aliphatic heterocycles. The minimum absolute atomic E-state index is 0.271. The number of hydrogen-bond donors (Lipinski definition) is 2. The van der Waals surface area contributed by atoms with E-state index in [9.17, 15) is 0 Å². The number of unbranched alkanes of at least 4 members (excludes halogenated alkanes) is 1. The Balaban J connectivity index is 2.07. The molecule has 0 unspecified atom stereocenters. The number of aliphatic hydroxyl groups is 1. The fourth-order valence-electron chi connectivity index (χ4n) is 1.75. The molecule has 0 bridgehead atoms. The third-order valence-electron chi connectivity index (χ3n) is 2.75. The van der Waals surface area contributed by atoms with Crippen LogP contribution in [-0.4, -0.2) is 35.3 Å². The minimum atomic E-state index is 0.271. The topological polar surface area (TPSA) is 52.1 Å². The zero-order valence-corrected chi connectivity index (χ0v) is 9.48. The second-order valence-corrected chi connectivity index (χ2v) is 3.96. The van der Waals surface area contributed by atoms with Gasteiger partial charge in [0.15, 0.2) is 0 Å². The molecule has 1 heterocycles. The first-order chi connectivity index (χ1) is 7.81. The van der Waals surface area contributed by atoms with Crippen LogP contribution in [0, 0.1) is 0 Å². The van der Waals surface area contributed by atoms with Crippen molar-refractivity contribution >= 4 is 16.7 Å². The Morgan fingerprint density at radius 2 is 2.25 bits per heavy atom. The molecule has 1 aromatic heterocycles. The van der Waals surface area contributed by atoms with Gasteiger partial charge >= 0.3 is 0 Å². The number of nitrogens with zero attached hydrogens (tertiary/aromatic N) is 2. The van der Waals surface area contributed by atoms with Crippen molar-refractivity contribution in [3.05, 3.63) is 24.5 Å². The summed E-state index contributed by atoms with van der Waals surface area (Å²) in [7, 11) is 2.06. The summed E-state index contributed by atoms with van der Waals surface area (Å²) >= 11 is 0. The molecule has 0 aliphatic rings. The van der Waals surface area contributed by atoms with Gasteiger partial charge in [-0.2, -0.15) is 0 Å². The van der Waals surface area contributed by atoms with E-state index in [2.05, 4.69) is 34.0 Å². The van der Waals surface area contributed by atoms with Gasteiger partial charge in [-0.25, -0.2) is 4.98 Å². The molecule has 4 nitrogen and oxygen atoms in total. The lowest BCUT2D eigenvalue weighted by atomic mass is 10.2. The first-order valence-electron chi connectivity index (χ1n) is 5.56. The van der Waals surface area contributed by atoms with Crippen molar-refractivity contribution in [1.29, 1.82) is 0 Å². The van der Waals surface area contributed by atoms with Crippen LogP contribution in [0.3, 0.4) is 0 Å². The highest BCUT2D eigenvalue weighted by Gasteiger charge is 2.02. The van der Waals surface area contributed by atoms with E-state index in [0.29, 0.717) is 0 Å². The molecule has 0 atom stereocenters. The summed E-state index contributed by atoms with van der Waals surface area (Å²) in [6.07, 6.45) is 3.57. The van der Waals surface area contributed by atoms with E-state index in [1.807, 2.05) is 6.07 Å². The Kier molecular flexibility index (Phi) is 3.41. The standard InChI is InChI=1S/C12H17N3O/c1-15(6-2-3-7-16)10-4-5-11-12(8-10)14-9-13-11/h4-5,8-9,16H,2-3,6-7H2,1H3,(H,13,14). The van der Waals surface area contributed by atoms with E-state index >= 15 is 0 Å². The predicted molar refractivity (Wildman–Crippen MR) is 65.7 cm³/mol. The number of H-pyrrole nitrogens is 1. The number of benzene rings is 1. The molecule has 0 saturated heterocycles. The molecule has 2 aromatic rings. The summed E-state index contributed by atoms with van der Waals surface area (Å²) in [5.74, 6) is 0. The molecule has 0 amide bonds. The lowest BCUT2D eigenvalue weighted by Crippen LogP contribution is -2.18. The molecule has 86 valence electrons. The molecule has 0 radical (unpaired) electrons. The lowest BCUT2D eigenvalue weighted by molar-refractivity contribution is 0.285. The van der Waals surface area contributed by atoms with Gasteiger partial charge in [0, 0.05) is 25.9 Å². The van der Waals surface area contributed by atoms with Crippen molar-refractivity contribution < 1.29 is 5.11 Å². The van der Waals surface area contributed by atoms with Crippen molar-refractivity contribution in [3.8, 4) is 0 Å². The van der Waals surface area contributed by atoms with Gasteiger partial charge in [0.25, 0.3) is 0 Å². The van der Waals surface area contributed by atoms with E-state index in [1.54, 1.807) is 6.33 Å². The monoisotopic (exact) mass is 219 g/mol. The van der Waals surface area contributed by atoms with Gasteiger partial charge in [0.1, 0.15) is 0 Å². The second-order valence-electron chi connectivity index (χ2n) is 3.96. The van der Waals surface area contributed by atoms with Crippen LogP contribution in [0.4, 0.5) is 5.69 Å². The van der Waals surface area contributed by atoms with Crippen molar-refractivity contribution in [1.82, 2.24) is 9.97 Å². The molecule has 0 spiro atoms. The summed E-state index contributed by atoms with van der Waals surface area (Å²) in [4.78, 5) is 9.48. The normalized spacial score (nSPS) is 10.9. The van der Waals surface area contributed by atoms with Crippen molar-refractivity contribution in [2.75, 3.05) is 25.1 Å². The highest BCUT2D eigenvalue weighted by Crippen LogP contribution is 2.18. The Morgan fingerprint density at radius 3 is 3.06 bits per heavy atom. The van der Waals surface area contributed by atoms with Gasteiger partial charge in [-0.15, -0.1) is 0 Å². The van der Waals surface area contributed by atoms with Crippen LogP contribution in [0.5, 0.6) is 0 Å². The summed E-state index contributed by atoms with van der Waals surface area (Å²) in [6.45, 7) is 1.23. The van der Waals surface area contributed by atoms with Crippen LogP contribution >= 0.6 is 0 Å². The maximum absolute atomic E-state index is 8.73. The average Bonchev–Trinajstić information content (AvgIpc) is 2.76. The number of anilines is 1. The van der Waals surface area contributed by atoms with Crippen LogP contribution < -0.4 is 4.90 Å². The molecule has 2 rings (SSSR count). The number of aliphatic hydroxyl groups excluding tert-OH is 1. The molecule has 4 heteroatoms. The van der Waals surface area contributed by atoms with Gasteiger partial charge < -0.3 is 15.0 Å².